The highest BCUT2D eigenvalue weighted by Gasteiger charge is 2.21. The number of nitrogens with zero attached hydrogens (tertiary/aromatic N) is 1. The number of ether oxygens (including phenoxy) is 1. The summed E-state index contributed by atoms with van der Waals surface area (Å²) in [5.74, 6) is 0.783. The van der Waals surface area contributed by atoms with Crippen LogP contribution in [0.25, 0.3) is 0 Å². The minimum Gasteiger partial charge on any atom is -0.495 e. The Morgan fingerprint density at radius 3 is 2.80 bits per heavy atom. The van der Waals surface area contributed by atoms with Gasteiger partial charge in [0, 0.05) is 15.1 Å². The molecule has 20 heavy (non-hydrogen) atoms. The van der Waals surface area contributed by atoms with Gasteiger partial charge in [-0.15, -0.1) is 0 Å². The van der Waals surface area contributed by atoms with E-state index in [1.165, 1.54) is 0 Å². The topological polar surface area (TPSA) is 34.2 Å². The molecule has 1 aromatic heterocycles. The molecule has 0 bridgehead atoms. The van der Waals surface area contributed by atoms with Gasteiger partial charge in [0.15, 0.2) is 0 Å². The van der Waals surface area contributed by atoms with Crippen molar-refractivity contribution in [3.8, 4) is 5.75 Å². The highest BCUT2D eigenvalue weighted by atomic mass is 79.9. The molecule has 0 saturated heterocycles. The minimum atomic E-state index is -0.0250. The van der Waals surface area contributed by atoms with Crippen molar-refractivity contribution in [3.63, 3.8) is 0 Å². The number of pyridine rings is 1. The van der Waals surface area contributed by atoms with Crippen LogP contribution >= 0.6 is 31.9 Å². The maximum Gasteiger partial charge on any atom is 0.142 e. The molecule has 1 atom stereocenters. The van der Waals surface area contributed by atoms with Crippen LogP contribution in [0.3, 0.4) is 0 Å². The monoisotopic (exact) mass is 398 g/mol. The molecule has 1 aromatic carbocycles. The van der Waals surface area contributed by atoms with Crippen LogP contribution in [-0.2, 0) is 0 Å². The lowest BCUT2D eigenvalue weighted by Gasteiger charge is -2.21. The summed E-state index contributed by atoms with van der Waals surface area (Å²) in [5, 5.41) is 3.46. The zero-order valence-electron chi connectivity index (χ0n) is 11.4. The van der Waals surface area contributed by atoms with Crippen LogP contribution in [0.15, 0.2) is 45.5 Å². The fraction of sp³-hybridized carbons (Fsp3) is 0.267. The zero-order chi connectivity index (χ0) is 14.5. The summed E-state index contributed by atoms with van der Waals surface area (Å²) in [6.45, 7) is 2.91. The number of hydrogen-bond acceptors (Lipinski definition) is 3. The van der Waals surface area contributed by atoms with Crippen molar-refractivity contribution in [1.82, 2.24) is 10.3 Å². The second-order valence-corrected chi connectivity index (χ2v) is 6.02. The van der Waals surface area contributed by atoms with Crippen molar-refractivity contribution in [3.05, 3.63) is 56.7 Å². The van der Waals surface area contributed by atoms with Crippen LogP contribution in [0.2, 0.25) is 0 Å². The molecule has 5 heteroatoms. The first-order valence-corrected chi connectivity index (χ1v) is 7.93. The van der Waals surface area contributed by atoms with Crippen LogP contribution < -0.4 is 10.1 Å². The molecule has 0 aliphatic carbocycles. The fourth-order valence-electron chi connectivity index (χ4n) is 2.09. The van der Waals surface area contributed by atoms with Gasteiger partial charge in [-0.3, -0.25) is 4.98 Å². The third-order valence-corrected chi connectivity index (χ3v) is 4.19. The van der Waals surface area contributed by atoms with E-state index >= 15 is 0 Å². The molecule has 2 rings (SSSR count). The van der Waals surface area contributed by atoms with Crippen molar-refractivity contribution in [2.45, 2.75) is 13.0 Å². The first-order chi connectivity index (χ1) is 9.67. The van der Waals surface area contributed by atoms with E-state index < -0.39 is 0 Å². The number of rotatable bonds is 5. The third kappa shape index (κ3) is 3.40. The molecule has 0 spiro atoms. The number of nitrogens with one attached hydrogen (secondary N) is 1. The molecular formula is C15H16Br2N2O. The van der Waals surface area contributed by atoms with E-state index in [1.807, 2.05) is 24.3 Å². The van der Waals surface area contributed by atoms with Gasteiger partial charge in [-0.1, -0.05) is 38.8 Å². The van der Waals surface area contributed by atoms with E-state index in [0.717, 1.165) is 32.5 Å². The molecule has 0 amide bonds. The summed E-state index contributed by atoms with van der Waals surface area (Å²) >= 11 is 7.14. The molecule has 1 N–H and O–H groups in total. The Hall–Kier alpha value is -0.910. The van der Waals surface area contributed by atoms with Gasteiger partial charge in [0.25, 0.3) is 0 Å². The SMILES string of the molecule is CCNC(c1cc(Br)ccc1Br)c1ncccc1OC. The predicted octanol–water partition coefficient (Wildman–Crippen LogP) is 4.31. The van der Waals surface area contributed by atoms with Crippen molar-refractivity contribution in [2.75, 3.05) is 13.7 Å². The molecule has 1 heterocycles. The molecule has 0 saturated carbocycles. The molecule has 0 fully saturated rings. The third-order valence-electron chi connectivity index (χ3n) is 2.97. The van der Waals surface area contributed by atoms with Gasteiger partial charge in [0.1, 0.15) is 11.4 Å². The molecule has 0 radical (unpaired) electrons. The maximum atomic E-state index is 5.43. The highest BCUT2D eigenvalue weighted by molar-refractivity contribution is 9.11. The van der Waals surface area contributed by atoms with Gasteiger partial charge in [-0.2, -0.15) is 0 Å². The largest absolute Gasteiger partial charge is 0.495 e. The number of halogens is 2. The van der Waals surface area contributed by atoms with Crippen LogP contribution in [0.4, 0.5) is 0 Å². The van der Waals surface area contributed by atoms with Crippen molar-refractivity contribution in [2.24, 2.45) is 0 Å². The molecular weight excluding hydrogens is 384 g/mol. The number of benzene rings is 1. The summed E-state index contributed by atoms with van der Waals surface area (Å²) in [5.41, 5.74) is 2.01. The van der Waals surface area contributed by atoms with Crippen molar-refractivity contribution in [1.29, 1.82) is 0 Å². The van der Waals surface area contributed by atoms with Crippen LogP contribution in [0, 0.1) is 0 Å². The van der Waals surface area contributed by atoms with Gasteiger partial charge in [0.05, 0.1) is 13.2 Å². The molecule has 0 aliphatic rings. The van der Waals surface area contributed by atoms with Gasteiger partial charge in [-0.25, -0.2) is 0 Å². The zero-order valence-corrected chi connectivity index (χ0v) is 14.5. The Labute approximate surface area is 136 Å². The summed E-state index contributed by atoms with van der Waals surface area (Å²) in [7, 11) is 1.67. The second kappa shape index (κ2) is 7.20. The van der Waals surface area contributed by atoms with E-state index in [1.54, 1.807) is 13.3 Å². The number of aromatic nitrogens is 1. The summed E-state index contributed by atoms with van der Waals surface area (Å²) in [6, 6.07) is 9.90. The van der Waals surface area contributed by atoms with Crippen LogP contribution in [0.5, 0.6) is 5.75 Å². The predicted molar refractivity (Wildman–Crippen MR) is 88.2 cm³/mol. The van der Waals surface area contributed by atoms with Crippen molar-refractivity contribution < 1.29 is 4.74 Å². The number of methoxy groups -OCH3 is 1. The van der Waals surface area contributed by atoms with E-state index in [0.29, 0.717) is 0 Å². The second-order valence-electron chi connectivity index (χ2n) is 4.25. The first-order valence-electron chi connectivity index (χ1n) is 6.34. The maximum absolute atomic E-state index is 5.43. The number of hydrogen-bond donors (Lipinski definition) is 1. The molecule has 106 valence electrons. The smallest absolute Gasteiger partial charge is 0.142 e. The summed E-state index contributed by atoms with van der Waals surface area (Å²) in [4.78, 5) is 4.49. The Kier molecular flexibility index (Phi) is 5.57. The molecule has 0 aliphatic heterocycles. The Morgan fingerprint density at radius 1 is 1.30 bits per heavy atom. The lowest BCUT2D eigenvalue weighted by molar-refractivity contribution is 0.400. The minimum absolute atomic E-state index is 0.0250. The average molecular weight is 400 g/mol. The lowest BCUT2D eigenvalue weighted by atomic mass is 10.0. The van der Waals surface area contributed by atoms with E-state index in [9.17, 15) is 0 Å². The van der Waals surface area contributed by atoms with Gasteiger partial charge in [-0.05, 0) is 42.4 Å². The normalized spacial score (nSPS) is 12.2. The van der Waals surface area contributed by atoms with E-state index in [2.05, 4.69) is 55.2 Å². The standard InChI is InChI=1S/C15H16Br2N2O/c1-3-18-14(11-9-10(16)6-7-12(11)17)15-13(20-2)5-4-8-19-15/h4-9,14,18H,3H2,1-2H3. The van der Waals surface area contributed by atoms with Crippen LogP contribution in [-0.4, -0.2) is 18.6 Å². The van der Waals surface area contributed by atoms with E-state index in [-0.39, 0.29) is 6.04 Å². The highest BCUT2D eigenvalue weighted by Crippen LogP contribution is 2.33. The quantitative estimate of drug-likeness (QED) is 0.813. The molecule has 1 unspecified atom stereocenters. The van der Waals surface area contributed by atoms with Gasteiger partial charge in [0.2, 0.25) is 0 Å². The first kappa shape index (κ1) is 15.5. The fourth-order valence-corrected chi connectivity index (χ4v) is 2.94. The van der Waals surface area contributed by atoms with Crippen molar-refractivity contribution >= 4 is 31.9 Å². The van der Waals surface area contributed by atoms with Gasteiger partial charge >= 0.3 is 0 Å². The van der Waals surface area contributed by atoms with Gasteiger partial charge < -0.3 is 10.1 Å². The summed E-state index contributed by atoms with van der Waals surface area (Å²) in [6.07, 6.45) is 1.79. The lowest BCUT2D eigenvalue weighted by Crippen LogP contribution is -2.24. The summed E-state index contributed by atoms with van der Waals surface area (Å²) < 4.78 is 7.51. The Morgan fingerprint density at radius 2 is 2.10 bits per heavy atom. The average Bonchev–Trinajstić information content (AvgIpc) is 2.47. The Bertz CT molecular complexity index is 590. The molecule has 3 nitrogen and oxygen atoms in total. The van der Waals surface area contributed by atoms with E-state index in [4.69, 9.17) is 4.74 Å². The Balaban J connectivity index is 2.53. The van der Waals surface area contributed by atoms with Crippen LogP contribution in [0.1, 0.15) is 24.2 Å². The molecule has 2 aromatic rings.